The van der Waals surface area contributed by atoms with Crippen LogP contribution >= 0.6 is 0 Å². The molecular weight excluding hydrogens is 249 g/mol. The second kappa shape index (κ2) is 4.62. The Balaban J connectivity index is 1.79. The van der Waals surface area contributed by atoms with Crippen LogP contribution in [0, 0.1) is 5.82 Å². The highest BCUT2D eigenvalue weighted by Crippen LogP contribution is 2.29. The Kier molecular flexibility index (Phi) is 2.94. The summed E-state index contributed by atoms with van der Waals surface area (Å²) in [6.07, 6.45) is 0.737. The molecule has 0 saturated carbocycles. The predicted octanol–water partition coefficient (Wildman–Crippen LogP) is -0.197. The Morgan fingerprint density at radius 2 is 2.26 bits per heavy atom. The van der Waals surface area contributed by atoms with Crippen molar-refractivity contribution in [2.45, 2.75) is 12.5 Å². The Morgan fingerprint density at radius 1 is 1.42 bits per heavy atom. The molecule has 1 aromatic rings. The second-order valence-electron chi connectivity index (χ2n) is 4.75. The number of hydrogen-bond donors (Lipinski definition) is 2. The molecule has 1 saturated heterocycles. The summed E-state index contributed by atoms with van der Waals surface area (Å²) in [5.74, 6) is -0.579. The van der Waals surface area contributed by atoms with Crippen LogP contribution in [0.1, 0.15) is 5.56 Å². The van der Waals surface area contributed by atoms with E-state index in [1.165, 1.54) is 12.1 Å². The topological polar surface area (TPSA) is 61.4 Å². The van der Waals surface area contributed by atoms with Crippen molar-refractivity contribution in [3.63, 3.8) is 0 Å². The highest BCUT2D eigenvalue weighted by atomic mass is 19.1. The fourth-order valence-corrected chi connectivity index (χ4v) is 2.51. The second-order valence-corrected chi connectivity index (χ2v) is 4.75. The standard InChI is InChI=1S/C13H14FN3O2/c14-9-2-1-8-3-4-17(11(8)5-9)13(19)10-6-16-12(18)7-15-10/h1-2,5,10,15H,3-4,6-7H2,(H,16,18). The minimum Gasteiger partial charge on any atom is -0.353 e. The number of anilines is 1. The molecule has 19 heavy (non-hydrogen) atoms. The third-order valence-corrected chi connectivity index (χ3v) is 3.52. The zero-order valence-electron chi connectivity index (χ0n) is 10.3. The van der Waals surface area contributed by atoms with Gasteiger partial charge >= 0.3 is 0 Å². The number of halogens is 1. The molecule has 2 aliphatic heterocycles. The van der Waals surface area contributed by atoms with Crippen LogP contribution in [-0.4, -0.2) is 37.5 Å². The molecule has 1 unspecified atom stereocenters. The maximum Gasteiger partial charge on any atom is 0.245 e. The summed E-state index contributed by atoms with van der Waals surface area (Å²) >= 11 is 0. The Labute approximate surface area is 109 Å². The molecule has 6 heteroatoms. The highest BCUT2D eigenvalue weighted by Gasteiger charge is 2.32. The lowest BCUT2D eigenvalue weighted by Crippen LogP contribution is -2.58. The van der Waals surface area contributed by atoms with E-state index >= 15 is 0 Å². The average Bonchev–Trinajstić information content (AvgIpc) is 2.81. The van der Waals surface area contributed by atoms with Gasteiger partial charge in [0.2, 0.25) is 11.8 Å². The quantitative estimate of drug-likeness (QED) is 0.738. The summed E-state index contributed by atoms with van der Waals surface area (Å²) in [6, 6.07) is 4.08. The minimum absolute atomic E-state index is 0.114. The van der Waals surface area contributed by atoms with E-state index in [0.717, 1.165) is 12.0 Å². The molecule has 1 atom stereocenters. The first-order chi connectivity index (χ1) is 9.15. The summed E-state index contributed by atoms with van der Waals surface area (Å²) in [7, 11) is 0. The maximum absolute atomic E-state index is 13.3. The summed E-state index contributed by atoms with van der Waals surface area (Å²) in [4.78, 5) is 25.0. The summed E-state index contributed by atoms with van der Waals surface area (Å²) < 4.78 is 13.3. The van der Waals surface area contributed by atoms with Gasteiger partial charge in [-0.05, 0) is 24.1 Å². The molecule has 0 aromatic heterocycles. The molecular formula is C13H14FN3O2. The van der Waals surface area contributed by atoms with Crippen LogP contribution in [0.15, 0.2) is 18.2 Å². The zero-order valence-corrected chi connectivity index (χ0v) is 10.3. The van der Waals surface area contributed by atoms with Gasteiger partial charge in [-0.15, -0.1) is 0 Å². The third kappa shape index (κ3) is 2.19. The van der Waals surface area contributed by atoms with Crippen molar-refractivity contribution in [3.8, 4) is 0 Å². The van der Waals surface area contributed by atoms with E-state index in [0.29, 0.717) is 12.2 Å². The molecule has 2 heterocycles. The number of benzene rings is 1. The Hall–Kier alpha value is -1.95. The third-order valence-electron chi connectivity index (χ3n) is 3.52. The SMILES string of the molecule is O=C1CNC(C(=O)N2CCc3ccc(F)cc32)CN1. The van der Waals surface area contributed by atoms with Gasteiger partial charge < -0.3 is 10.2 Å². The molecule has 1 aromatic carbocycles. The number of nitrogens with one attached hydrogen (secondary N) is 2. The maximum atomic E-state index is 13.3. The molecule has 5 nitrogen and oxygen atoms in total. The summed E-state index contributed by atoms with van der Waals surface area (Å²) in [5, 5.41) is 5.54. The molecule has 0 radical (unpaired) electrons. The molecule has 3 rings (SSSR count). The molecule has 0 aliphatic carbocycles. The monoisotopic (exact) mass is 263 g/mol. The largest absolute Gasteiger partial charge is 0.353 e. The number of rotatable bonds is 1. The molecule has 0 spiro atoms. The molecule has 2 amide bonds. The lowest BCUT2D eigenvalue weighted by Gasteiger charge is -2.27. The van der Waals surface area contributed by atoms with E-state index in [4.69, 9.17) is 0 Å². The predicted molar refractivity (Wildman–Crippen MR) is 67.3 cm³/mol. The number of piperazine rings is 1. The van der Waals surface area contributed by atoms with E-state index in [1.807, 2.05) is 0 Å². The van der Waals surface area contributed by atoms with Gasteiger partial charge in [0.25, 0.3) is 0 Å². The van der Waals surface area contributed by atoms with Crippen molar-refractivity contribution in [3.05, 3.63) is 29.6 Å². The fraction of sp³-hybridized carbons (Fsp3) is 0.385. The smallest absolute Gasteiger partial charge is 0.245 e. The fourth-order valence-electron chi connectivity index (χ4n) is 2.51. The molecule has 0 bridgehead atoms. The lowest BCUT2D eigenvalue weighted by atomic mass is 10.1. The summed E-state index contributed by atoms with van der Waals surface area (Å²) in [6.45, 7) is 0.975. The van der Waals surface area contributed by atoms with Crippen LogP contribution in [0.5, 0.6) is 0 Å². The van der Waals surface area contributed by atoms with Crippen molar-refractivity contribution < 1.29 is 14.0 Å². The van der Waals surface area contributed by atoms with Crippen LogP contribution in [0.2, 0.25) is 0 Å². The molecule has 2 aliphatic rings. The van der Waals surface area contributed by atoms with Crippen molar-refractivity contribution in [2.75, 3.05) is 24.5 Å². The van der Waals surface area contributed by atoms with Gasteiger partial charge in [0, 0.05) is 18.8 Å². The van der Waals surface area contributed by atoms with Crippen molar-refractivity contribution in [2.24, 2.45) is 0 Å². The van der Waals surface area contributed by atoms with E-state index in [1.54, 1.807) is 11.0 Å². The normalized spacial score (nSPS) is 22.1. The molecule has 1 fully saturated rings. The number of fused-ring (bicyclic) bond motifs is 1. The van der Waals surface area contributed by atoms with Crippen molar-refractivity contribution >= 4 is 17.5 Å². The van der Waals surface area contributed by atoms with Gasteiger partial charge in [-0.2, -0.15) is 0 Å². The highest BCUT2D eigenvalue weighted by molar-refractivity contribution is 6.00. The number of hydrogen-bond acceptors (Lipinski definition) is 3. The van der Waals surface area contributed by atoms with Crippen LogP contribution in [-0.2, 0) is 16.0 Å². The van der Waals surface area contributed by atoms with Crippen LogP contribution in [0.25, 0.3) is 0 Å². The number of nitrogens with zero attached hydrogens (tertiary/aromatic N) is 1. The van der Waals surface area contributed by atoms with Crippen molar-refractivity contribution in [1.29, 1.82) is 0 Å². The number of carbonyl (C=O) groups excluding carboxylic acids is 2. The van der Waals surface area contributed by atoms with Gasteiger partial charge in [-0.1, -0.05) is 6.07 Å². The lowest BCUT2D eigenvalue weighted by molar-refractivity contribution is -0.125. The van der Waals surface area contributed by atoms with E-state index < -0.39 is 6.04 Å². The van der Waals surface area contributed by atoms with Gasteiger partial charge in [0.05, 0.1) is 6.54 Å². The van der Waals surface area contributed by atoms with E-state index in [9.17, 15) is 14.0 Å². The Bertz CT molecular complexity index is 537. The summed E-state index contributed by atoms with van der Waals surface area (Å²) in [5.41, 5.74) is 1.62. The van der Waals surface area contributed by atoms with Gasteiger partial charge in [-0.3, -0.25) is 14.9 Å². The van der Waals surface area contributed by atoms with Crippen LogP contribution < -0.4 is 15.5 Å². The van der Waals surface area contributed by atoms with Gasteiger partial charge in [0.1, 0.15) is 11.9 Å². The van der Waals surface area contributed by atoms with Crippen LogP contribution in [0.3, 0.4) is 0 Å². The zero-order chi connectivity index (χ0) is 13.4. The van der Waals surface area contributed by atoms with Crippen LogP contribution in [0.4, 0.5) is 10.1 Å². The first kappa shape index (κ1) is 12.1. The average molecular weight is 263 g/mol. The number of carbonyl (C=O) groups is 2. The first-order valence-corrected chi connectivity index (χ1v) is 6.25. The minimum atomic E-state index is -0.438. The van der Waals surface area contributed by atoms with E-state index in [2.05, 4.69) is 10.6 Å². The molecule has 2 N–H and O–H groups in total. The first-order valence-electron chi connectivity index (χ1n) is 6.25. The Morgan fingerprint density at radius 3 is 3.00 bits per heavy atom. The van der Waals surface area contributed by atoms with Crippen molar-refractivity contribution in [1.82, 2.24) is 10.6 Å². The number of amides is 2. The van der Waals surface area contributed by atoms with Gasteiger partial charge in [-0.25, -0.2) is 4.39 Å². The van der Waals surface area contributed by atoms with Gasteiger partial charge in [0.15, 0.2) is 0 Å². The van der Waals surface area contributed by atoms with E-state index in [-0.39, 0.29) is 30.7 Å². The molecule has 100 valence electrons.